The number of fused-ring (bicyclic) bond motifs is 6. The molecule has 0 bridgehead atoms. The van der Waals surface area contributed by atoms with Crippen molar-refractivity contribution < 1.29 is 0 Å². The highest BCUT2D eigenvalue weighted by Gasteiger charge is 2.14. The fraction of sp³-hybridized carbons (Fsp3) is 0.0323. The lowest BCUT2D eigenvalue weighted by Gasteiger charge is -2.09. The Bertz CT molecular complexity index is 1830. The summed E-state index contributed by atoms with van der Waals surface area (Å²) in [5.74, 6) is 0. The average Bonchev–Trinajstić information content (AvgIpc) is 3.22. The van der Waals surface area contributed by atoms with Crippen LogP contribution in [0.2, 0.25) is 0 Å². The molecule has 0 aliphatic rings. The summed E-state index contributed by atoms with van der Waals surface area (Å²) in [7, 11) is 0. The van der Waals surface area contributed by atoms with E-state index in [2.05, 4.69) is 112 Å². The number of para-hydroxylation sites is 1. The van der Waals surface area contributed by atoms with Gasteiger partial charge in [0.25, 0.3) is 0 Å². The van der Waals surface area contributed by atoms with Gasteiger partial charge in [0.1, 0.15) is 6.33 Å². The van der Waals surface area contributed by atoms with E-state index in [1.807, 2.05) is 12.3 Å². The minimum absolute atomic E-state index is 0.876. The molecule has 2 heterocycles. The van der Waals surface area contributed by atoms with Crippen LogP contribution in [0.3, 0.4) is 0 Å². The second kappa shape index (κ2) is 7.53. The molecule has 34 heavy (non-hydrogen) atoms. The molecule has 0 aliphatic heterocycles. The van der Waals surface area contributed by atoms with Crippen molar-refractivity contribution in [1.82, 2.24) is 14.5 Å². The summed E-state index contributed by atoms with van der Waals surface area (Å²) in [4.78, 5) is 8.90. The summed E-state index contributed by atoms with van der Waals surface area (Å²) >= 11 is 0. The zero-order valence-electron chi connectivity index (χ0n) is 18.5. The topological polar surface area (TPSA) is 30.7 Å². The SMILES string of the molecule is c1ccc(-n2c3cc(Cc4ccc5c(ccc6ccccc65)c4)ccc3c3ncncc32)cc1. The Morgan fingerprint density at radius 3 is 2.24 bits per heavy atom. The molecule has 3 nitrogen and oxygen atoms in total. The van der Waals surface area contributed by atoms with Gasteiger partial charge >= 0.3 is 0 Å². The second-order valence-corrected chi connectivity index (χ2v) is 8.80. The summed E-state index contributed by atoms with van der Waals surface area (Å²) in [5.41, 5.74) is 6.87. The minimum Gasteiger partial charge on any atom is -0.306 e. The summed E-state index contributed by atoms with van der Waals surface area (Å²) in [6.45, 7) is 0. The lowest BCUT2D eigenvalue weighted by Crippen LogP contribution is -1.95. The van der Waals surface area contributed by atoms with Gasteiger partial charge in [0.15, 0.2) is 0 Å². The number of hydrogen-bond acceptors (Lipinski definition) is 2. The number of aromatic nitrogens is 3. The fourth-order valence-electron chi connectivity index (χ4n) is 5.16. The molecule has 5 aromatic carbocycles. The third kappa shape index (κ3) is 2.98. The molecule has 0 spiro atoms. The van der Waals surface area contributed by atoms with Gasteiger partial charge < -0.3 is 4.57 Å². The number of rotatable bonds is 3. The Hall–Kier alpha value is -4.50. The van der Waals surface area contributed by atoms with Crippen LogP contribution in [0.4, 0.5) is 0 Å². The van der Waals surface area contributed by atoms with Gasteiger partial charge in [-0.15, -0.1) is 0 Å². The van der Waals surface area contributed by atoms with Gasteiger partial charge in [0.05, 0.1) is 22.7 Å². The van der Waals surface area contributed by atoms with Gasteiger partial charge in [0, 0.05) is 11.1 Å². The monoisotopic (exact) mass is 435 g/mol. The van der Waals surface area contributed by atoms with Crippen LogP contribution >= 0.6 is 0 Å². The Morgan fingerprint density at radius 2 is 1.32 bits per heavy atom. The molecule has 0 unspecified atom stereocenters. The molecule has 7 rings (SSSR count). The Labute approximate surface area is 196 Å². The molecule has 0 saturated carbocycles. The molecule has 0 aliphatic carbocycles. The van der Waals surface area contributed by atoms with Gasteiger partial charge in [-0.1, -0.05) is 84.9 Å². The van der Waals surface area contributed by atoms with Gasteiger partial charge in [-0.25, -0.2) is 9.97 Å². The second-order valence-electron chi connectivity index (χ2n) is 8.80. The highest BCUT2D eigenvalue weighted by molar-refractivity contribution is 6.08. The molecule has 0 radical (unpaired) electrons. The van der Waals surface area contributed by atoms with E-state index in [-0.39, 0.29) is 0 Å². The van der Waals surface area contributed by atoms with Gasteiger partial charge in [-0.3, -0.25) is 0 Å². The van der Waals surface area contributed by atoms with Crippen LogP contribution in [0.15, 0.2) is 116 Å². The van der Waals surface area contributed by atoms with Crippen molar-refractivity contribution in [2.75, 3.05) is 0 Å². The van der Waals surface area contributed by atoms with E-state index in [9.17, 15) is 0 Å². The number of hydrogen-bond donors (Lipinski definition) is 0. The Kier molecular flexibility index (Phi) is 4.21. The van der Waals surface area contributed by atoms with E-state index >= 15 is 0 Å². The average molecular weight is 436 g/mol. The number of benzene rings is 5. The maximum Gasteiger partial charge on any atom is 0.116 e. The maximum atomic E-state index is 4.60. The van der Waals surface area contributed by atoms with Crippen LogP contribution in [-0.2, 0) is 6.42 Å². The highest BCUT2D eigenvalue weighted by atomic mass is 15.0. The fourth-order valence-corrected chi connectivity index (χ4v) is 5.16. The third-order valence-electron chi connectivity index (χ3n) is 6.72. The summed E-state index contributed by atoms with van der Waals surface area (Å²) < 4.78 is 2.26. The first-order valence-electron chi connectivity index (χ1n) is 11.5. The normalized spacial score (nSPS) is 11.6. The van der Waals surface area contributed by atoms with Crippen LogP contribution in [0.5, 0.6) is 0 Å². The predicted octanol–water partition coefficient (Wildman–Crippen LogP) is 7.47. The van der Waals surface area contributed by atoms with E-state index in [4.69, 9.17) is 0 Å². The van der Waals surface area contributed by atoms with Crippen LogP contribution in [0.1, 0.15) is 11.1 Å². The van der Waals surface area contributed by atoms with Crippen LogP contribution in [0, 0.1) is 0 Å². The standard InChI is InChI=1S/C31H21N3/c1-2-7-25(8-3-1)34-29-18-22(11-15-28(29)31-30(34)19-32-20-33-31)16-21-10-14-27-24(17-21)13-12-23-6-4-5-9-26(23)27/h1-15,17-20H,16H2. The summed E-state index contributed by atoms with van der Waals surface area (Å²) in [6, 6.07) is 37.1. The van der Waals surface area contributed by atoms with Crippen molar-refractivity contribution in [2.45, 2.75) is 6.42 Å². The maximum absolute atomic E-state index is 4.60. The first-order chi connectivity index (χ1) is 16.8. The van der Waals surface area contributed by atoms with E-state index in [0.717, 1.165) is 34.0 Å². The lowest BCUT2D eigenvalue weighted by atomic mass is 9.97. The first-order valence-corrected chi connectivity index (χ1v) is 11.5. The van der Waals surface area contributed by atoms with Crippen molar-refractivity contribution in [3.8, 4) is 5.69 Å². The minimum atomic E-state index is 0.876. The summed E-state index contributed by atoms with van der Waals surface area (Å²) in [6.07, 6.45) is 4.41. The predicted molar refractivity (Wildman–Crippen MR) is 141 cm³/mol. The highest BCUT2D eigenvalue weighted by Crippen LogP contribution is 2.32. The largest absolute Gasteiger partial charge is 0.306 e. The molecule has 0 fully saturated rings. The van der Waals surface area contributed by atoms with Gasteiger partial charge in [-0.2, -0.15) is 0 Å². The molecule has 3 heteroatoms. The van der Waals surface area contributed by atoms with Crippen molar-refractivity contribution in [2.24, 2.45) is 0 Å². The van der Waals surface area contributed by atoms with Crippen LogP contribution < -0.4 is 0 Å². The molecule has 0 N–H and O–H groups in total. The smallest absolute Gasteiger partial charge is 0.116 e. The Morgan fingerprint density at radius 1 is 0.588 bits per heavy atom. The van der Waals surface area contributed by atoms with Gasteiger partial charge in [-0.05, 0) is 57.3 Å². The van der Waals surface area contributed by atoms with Crippen molar-refractivity contribution >= 4 is 43.5 Å². The van der Waals surface area contributed by atoms with Crippen LogP contribution in [0.25, 0.3) is 49.2 Å². The van der Waals surface area contributed by atoms with Crippen molar-refractivity contribution in [1.29, 1.82) is 0 Å². The summed E-state index contributed by atoms with van der Waals surface area (Å²) in [5, 5.41) is 6.33. The van der Waals surface area contributed by atoms with Crippen molar-refractivity contribution in [3.63, 3.8) is 0 Å². The molecule has 0 atom stereocenters. The Balaban J connectivity index is 1.36. The van der Waals surface area contributed by atoms with E-state index in [1.165, 1.54) is 32.7 Å². The van der Waals surface area contributed by atoms with E-state index < -0.39 is 0 Å². The van der Waals surface area contributed by atoms with E-state index in [0.29, 0.717) is 0 Å². The van der Waals surface area contributed by atoms with E-state index in [1.54, 1.807) is 6.33 Å². The molecular weight excluding hydrogens is 414 g/mol. The molecule has 160 valence electrons. The third-order valence-corrected chi connectivity index (χ3v) is 6.72. The molecule has 7 aromatic rings. The zero-order chi connectivity index (χ0) is 22.5. The molecule has 0 saturated heterocycles. The quantitative estimate of drug-likeness (QED) is 0.270. The zero-order valence-corrected chi connectivity index (χ0v) is 18.5. The van der Waals surface area contributed by atoms with Crippen LogP contribution in [-0.4, -0.2) is 14.5 Å². The van der Waals surface area contributed by atoms with Crippen molar-refractivity contribution in [3.05, 3.63) is 127 Å². The molecule has 0 amide bonds. The first kappa shape index (κ1) is 19.0. The van der Waals surface area contributed by atoms with Gasteiger partial charge in [0.2, 0.25) is 0 Å². The molecule has 2 aromatic heterocycles. The molecular formula is C31H21N3. The lowest BCUT2D eigenvalue weighted by molar-refractivity contribution is 1.13. The number of nitrogens with zero attached hydrogens (tertiary/aromatic N) is 3.